The summed E-state index contributed by atoms with van der Waals surface area (Å²) >= 11 is 6.41. The van der Waals surface area contributed by atoms with Gasteiger partial charge in [0.1, 0.15) is 5.75 Å². The maximum atomic E-state index is 14.5. The molecular formula is C26H21ClF3NO5. The number of nitrogens with zero attached hydrogens (tertiary/aromatic N) is 1. The molecule has 0 saturated carbocycles. The molecule has 0 saturated heterocycles. The molecule has 3 aromatic rings. The zero-order chi connectivity index (χ0) is 26.4. The van der Waals surface area contributed by atoms with Gasteiger partial charge in [-0.15, -0.1) is 0 Å². The number of aromatic carboxylic acids is 1. The maximum Gasteiger partial charge on any atom is 0.422 e. The number of aliphatic hydroxyl groups is 1. The van der Waals surface area contributed by atoms with Gasteiger partial charge >= 0.3 is 12.1 Å². The standard InChI is InChI=1S/C26H21ClF3NO5/c1-14(19-8-6-16(11-20(19)27)15-4-3-5-17(10-15)24(33)34)25(35,26(28,29)30)18-7-9-22-21(12-18)31(2)23(32)13-36-22/h3-12,14,35H,13H2,1-2H3,(H,33,34)/t14-,25-/m0/s1. The summed E-state index contributed by atoms with van der Waals surface area (Å²) in [6.45, 7) is 0.977. The SMILES string of the molecule is C[C@@H](c1ccc(-c2cccc(C(=O)O)c2)cc1Cl)[C@](O)(c1ccc2c(c1)N(C)C(=O)CO2)C(F)(F)F. The van der Waals surface area contributed by atoms with Gasteiger partial charge in [0.15, 0.2) is 12.2 Å². The van der Waals surface area contributed by atoms with Gasteiger partial charge in [-0.3, -0.25) is 4.79 Å². The van der Waals surface area contributed by atoms with E-state index in [0.717, 1.165) is 12.1 Å². The van der Waals surface area contributed by atoms with E-state index in [1.54, 1.807) is 12.1 Å². The van der Waals surface area contributed by atoms with Gasteiger partial charge in [-0.05, 0) is 52.6 Å². The Balaban J connectivity index is 1.77. The number of amides is 1. The first-order chi connectivity index (χ1) is 16.8. The Hall–Kier alpha value is -3.56. The van der Waals surface area contributed by atoms with Crippen LogP contribution >= 0.6 is 11.6 Å². The molecule has 0 unspecified atom stereocenters. The van der Waals surface area contributed by atoms with Crippen LogP contribution < -0.4 is 9.64 Å². The third-order valence-electron chi connectivity index (χ3n) is 6.45. The van der Waals surface area contributed by atoms with Crippen molar-refractivity contribution in [2.75, 3.05) is 18.6 Å². The largest absolute Gasteiger partial charge is 0.482 e. The summed E-state index contributed by atoms with van der Waals surface area (Å²) < 4.78 is 48.7. The van der Waals surface area contributed by atoms with Crippen LogP contribution in [0.3, 0.4) is 0 Å². The van der Waals surface area contributed by atoms with Crippen LogP contribution in [0, 0.1) is 0 Å². The van der Waals surface area contributed by atoms with Crippen LogP contribution in [0.2, 0.25) is 5.02 Å². The minimum Gasteiger partial charge on any atom is -0.482 e. The molecule has 1 heterocycles. The average molecular weight is 520 g/mol. The first-order valence-corrected chi connectivity index (χ1v) is 11.2. The van der Waals surface area contributed by atoms with Crippen molar-refractivity contribution in [3.05, 3.63) is 82.4 Å². The van der Waals surface area contributed by atoms with Crippen LogP contribution in [0.5, 0.6) is 5.75 Å². The molecule has 36 heavy (non-hydrogen) atoms. The van der Waals surface area contributed by atoms with Gasteiger partial charge in [-0.2, -0.15) is 13.2 Å². The molecule has 1 aliphatic heterocycles. The van der Waals surface area contributed by atoms with Crippen LogP contribution in [0.25, 0.3) is 11.1 Å². The summed E-state index contributed by atoms with van der Waals surface area (Å²) in [5.41, 5.74) is -2.61. The van der Waals surface area contributed by atoms with Crippen molar-refractivity contribution in [3.63, 3.8) is 0 Å². The van der Waals surface area contributed by atoms with Crippen LogP contribution in [-0.2, 0) is 10.4 Å². The van der Waals surface area contributed by atoms with Crippen LogP contribution in [0.1, 0.15) is 34.3 Å². The van der Waals surface area contributed by atoms with E-state index >= 15 is 0 Å². The lowest BCUT2D eigenvalue weighted by atomic mass is 9.77. The molecule has 10 heteroatoms. The Morgan fingerprint density at radius 2 is 1.78 bits per heavy atom. The van der Waals surface area contributed by atoms with Crippen molar-refractivity contribution < 1.29 is 37.7 Å². The first kappa shape index (κ1) is 25.5. The molecule has 0 bridgehead atoms. The number of hydrogen-bond acceptors (Lipinski definition) is 4. The number of likely N-dealkylation sites (N-methyl/N-ethyl adjacent to an activating group) is 1. The number of benzene rings is 3. The molecule has 0 spiro atoms. The smallest absolute Gasteiger partial charge is 0.422 e. The summed E-state index contributed by atoms with van der Waals surface area (Å²) in [6.07, 6.45) is -5.10. The summed E-state index contributed by atoms with van der Waals surface area (Å²) in [4.78, 5) is 24.4. The Labute approximate surface area is 209 Å². The van der Waals surface area contributed by atoms with E-state index in [1.165, 1.54) is 55.3 Å². The highest BCUT2D eigenvalue weighted by Gasteiger charge is 2.59. The fourth-order valence-electron chi connectivity index (χ4n) is 4.28. The number of halogens is 4. The van der Waals surface area contributed by atoms with Gasteiger partial charge in [0.05, 0.1) is 11.3 Å². The third kappa shape index (κ3) is 4.29. The van der Waals surface area contributed by atoms with Gasteiger partial charge in [0, 0.05) is 18.0 Å². The third-order valence-corrected chi connectivity index (χ3v) is 6.78. The summed E-state index contributed by atoms with van der Waals surface area (Å²) in [7, 11) is 1.42. The minimum atomic E-state index is -5.10. The lowest BCUT2D eigenvalue weighted by Crippen LogP contribution is -2.47. The summed E-state index contributed by atoms with van der Waals surface area (Å²) in [6, 6.07) is 13.9. The first-order valence-electron chi connectivity index (χ1n) is 10.8. The molecule has 0 fully saturated rings. The minimum absolute atomic E-state index is 0.0306. The lowest BCUT2D eigenvalue weighted by molar-refractivity contribution is -0.274. The zero-order valence-electron chi connectivity index (χ0n) is 19.1. The second-order valence-corrected chi connectivity index (χ2v) is 8.94. The van der Waals surface area contributed by atoms with Crippen LogP contribution in [-0.4, -0.2) is 41.9 Å². The van der Waals surface area contributed by atoms with Crippen LogP contribution in [0.15, 0.2) is 60.7 Å². The quantitative estimate of drug-likeness (QED) is 0.457. The Morgan fingerprint density at radius 3 is 2.42 bits per heavy atom. The molecular weight excluding hydrogens is 499 g/mol. The number of rotatable bonds is 5. The van der Waals surface area contributed by atoms with Gasteiger partial charge in [0.25, 0.3) is 5.91 Å². The van der Waals surface area contributed by atoms with Gasteiger partial charge in [0.2, 0.25) is 0 Å². The predicted molar refractivity (Wildman–Crippen MR) is 128 cm³/mol. The van der Waals surface area contributed by atoms with E-state index in [0.29, 0.717) is 11.1 Å². The normalized spacial score (nSPS) is 16.1. The highest BCUT2D eigenvalue weighted by atomic mass is 35.5. The van der Waals surface area contributed by atoms with Gasteiger partial charge < -0.3 is 19.8 Å². The van der Waals surface area contributed by atoms with Crippen molar-refractivity contribution in [2.24, 2.45) is 0 Å². The molecule has 2 atom stereocenters. The van der Waals surface area contributed by atoms with E-state index in [-0.39, 0.29) is 34.2 Å². The predicted octanol–water partition coefficient (Wildman–Crippen LogP) is 5.61. The van der Waals surface area contributed by atoms with Crippen molar-refractivity contribution in [2.45, 2.75) is 24.6 Å². The van der Waals surface area contributed by atoms with Crippen LogP contribution in [0.4, 0.5) is 18.9 Å². The second kappa shape index (κ2) is 9.15. The van der Waals surface area contributed by atoms with E-state index in [4.69, 9.17) is 16.3 Å². The van der Waals surface area contributed by atoms with E-state index < -0.39 is 35.1 Å². The summed E-state index contributed by atoms with van der Waals surface area (Å²) in [5, 5.41) is 20.4. The number of anilines is 1. The Kier molecular flexibility index (Phi) is 6.49. The molecule has 0 radical (unpaired) electrons. The number of carboxylic acids is 1. The molecule has 1 amide bonds. The van der Waals surface area contributed by atoms with E-state index in [1.807, 2.05) is 0 Å². The monoisotopic (exact) mass is 519 g/mol. The average Bonchev–Trinajstić information content (AvgIpc) is 2.84. The van der Waals surface area contributed by atoms with Gasteiger partial charge in [-0.25, -0.2) is 4.79 Å². The molecule has 3 aromatic carbocycles. The van der Waals surface area contributed by atoms with E-state index in [2.05, 4.69) is 0 Å². The number of alkyl halides is 3. The molecule has 2 N–H and O–H groups in total. The number of hydrogen-bond donors (Lipinski definition) is 2. The maximum absolute atomic E-state index is 14.5. The highest BCUT2D eigenvalue weighted by Crippen LogP contribution is 2.51. The molecule has 188 valence electrons. The van der Waals surface area contributed by atoms with Crippen molar-refractivity contribution in [1.29, 1.82) is 0 Å². The fourth-order valence-corrected chi connectivity index (χ4v) is 4.63. The van der Waals surface area contributed by atoms with Crippen molar-refractivity contribution in [1.82, 2.24) is 0 Å². The molecule has 4 rings (SSSR count). The van der Waals surface area contributed by atoms with E-state index in [9.17, 15) is 33.0 Å². The van der Waals surface area contributed by atoms with Crippen molar-refractivity contribution in [3.8, 4) is 16.9 Å². The zero-order valence-corrected chi connectivity index (χ0v) is 19.9. The van der Waals surface area contributed by atoms with Gasteiger partial charge in [-0.1, -0.05) is 48.9 Å². The number of ether oxygens (including phenoxy) is 1. The highest BCUT2D eigenvalue weighted by molar-refractivity contribution is 6.31. The Bertz CT molecular complexity index is 1360. The fraction of sp³-hybridized carbons (Fsp3) is 0.231. The molecule has 1 aliphatic rings. The van der Waals surface area contributed by atoms with Crippen molar-refractivity contribution >= 4 is 29.2 Å². The molecule has 0 aromatic heterocycles. The molecule has 0 aliphatic carbocycles. The summed E-state index contributed by atoms with van der Waals surface area (Å²) in [5.74, 6) is -2.88. The topological polar surface area (TPSA) is 87.1 Å². The second-order valence-electron chi connectivity index (χ2n) is 8.53. The lowest BCUT2D eigenvalue weighted by Gasteiger charge is -2.38. The number of fused-ring (bicyclic) bond motifs is 1. The number of carbonyl (C=O) groups is 2. The molecule has 6 nitrogen and oxygen atoms in total. The Morgan fingerprint density at radius 1 is 1.08 bits per heavy atom. The number of carboxylic acid groups (broad SMARTS) is 1. The number of carbonyl (C=O) groups excluding carboxylic acids is 1.